The van der Waals surface area contributed by atoms with Crippen LogP contribution in [0.3, 0.4) is 0 Å². The van der Waals surface area contributed by atoms with Gasteiger partial charge in [0.1, 0.15) is 6.04 Å². The Morgan fingerprint density at radius 2 is 1.73 bits per heavy atom. The number of benzene rings is 2. The maximum atomic E-state index is 12.8. The lowest BCUT2D eigenvalue weighted by Crippen LogP contribution is -2.43. The molecule has 0 radical (unpaired) electrons. The van der Waals surface area contributed by atoms with E-state index in [1.165, 1.54) is 0 Å². The molecule has 1 atom stereocenters. The first kappa shape index (κ1) is 14.5. The van der Waals surface area contributed by atoms with Gasteiger partial charge in [-0.05, 0) is 37.3 Å². The number of carbonyl (C=O) groups is 1. The molecule has 22 heavy (non-hydrogen) atoms. The van der Waals surface area contributed by atoms with Gasteiger partial charge in [0, 0.05) is 12.1 Å². The average molecular weight is 292 g/mol. The van der Waals surface area contributed by atoms with Crippen LogP contribution in [0.4, 0.5) is 5.69 Å². The van der Waals surface area contributed by atoms with Crippen LogP contribution < -0.4 is 10.2 Å². The molecule has 0 saturated heterocycles. The number of carbonyl (C=O) groups excluding carboxylic acids is 1. The lowest BCUT2D eigenvalue weighted by atomic mass is 9.95. The van der Waals surface area contributed by atoms with Gasteiger partial charge in [-0.3, -0.25) is 4.79 Å². The van der Waals surface area contributed by atoms with Crippen molar-refractivity contribution in [3.63, 3.8) is 0 Å². The number of hydrogen-bond donors (Lipinski definition) is 1. The van der Waals surface area contributed by atoms with Gasteiger partial charge in [-0.15, -0.1) is 0 Å². The highest BCUT2D eigenvalue weighted by molar-refractivity contribution is 6.05. The van der Waals surface area contributed by atoms with Crippen molar-refractivity contribution in [1.29, 1.82) is 0 Å². The Kier molecular flexibility index (Phi) is 4.07. The van der Waals surface area contributed by atoms with Crippen LogP contribution in [0.25, 0.3) is 5.57 Å². The zero-order chi connectivity index (χ0) is 15.5. The Hall–Kier alpha value is -2.39. The van der Waals surface area contributed by atoms with E-state index in [9.17, 15) is 4.79 Å². The number of anilines is 1. The molecule has 2 aromatic carbocycles. The minimum atomic E-state index is -0.317. The minimum Gasteiger partial charge on any atom is -0.310 e. The van der Waals surface area contributed by atoms with Crippen molar-refractivity contribution in [1.82, 2.24) is 5.32 Å². The van der Waals surface area contributed by atoms with Crippen LogP contribution in [0.1, 0.15) is 18.1 Å². The third-order valence-corrected chi connectivity index (χ3v) is 4.06. The van der Waals surface area contributed by atoms with Gasteiger partial charge in [0.25, 0.3) is 0 Å². The van der Waals surface area contributed by atoms with Crippen molar-refractivity contribution in [2.45, 2.75) is 13.0 Å². The van der Waals surface area contributed by atoms with Gasteiger partial charge < -0.3 is 10.2 Å². The highest BCUT2D eigenvalue weighted by Gasteiger charge is 2.28. The maximum Gasteiger partial charge on any atom is 0.248 e. The third-order valence-electron chi connectivity index (χ3n) is 4.06. The van der Waals surface area contributed by atoms with Gasteiger partial charge in [-0.1, -0.05) is 48.5 Å². The molecule has 0 aliphatic carbocycles. The predicted octanol–water partition coefficient (Wildman–Crippen LogP) is 3.07. The zero-order valence-corrected chi connectivity index (χ0v) is 12.9. The standard InChI is InChI=1S/C19H20N2O/c1-3-21-18-12-8-7-11-15(18)16(13-17(20-2)19(21)22)14-9-5-4-6-10-14/h4-13,17,20H,3H2,1-2H3. The molecular formula is C19H20N2O. The normalized spacial score (nSPS) is 17.7. The van der Waals surface area contributed by atoms with Gasteiger partial charge in [0.05, 0.1) is 5.69 Å². The van der Waals surface area contributed by atoms with Gasteiger partial charge >= 0.3 is 0 Å². The number of fused-ring (bicyclic) bond motifs is 1. The fraction of sp³-hybridized carbons (Fsp3) is 0.211. The monoisotopic (exact) mass is 292 g/mol. The molecule has 0 spiro atoms. The maximum absolute atomic E-state index is 12.8. The SMILES string of the molecule is CCN1C(=O)C(NC)C=C(c2ccccc2)c2ccccc21. The second kappa shape index (κ2) is 6.16. The van der Waals surface area contributed by atoms with E-state index in [0.29, 0.717) is 6.54 Å². The number of likely N-dealkylation sites (N-methyl/N-ethyl adjacent to an activating group) is 2. The van der Waals surface area contributed by atoms with Crippen LogP contribution in [0.5, 0.6) is 0 Å². The van der Waals surface area contributed by atoms with Gasteiger partial charge in [0.2, 0.25) is 5.91 Å². The summed E-state index contributed by atoms with van der Waals surface area (Å²) in [5, 5.41) is 3.12. The van der Waals surface area contributed by atoms with Gasteiger partial charge in [-0.2, -0.15) is 0 Å². The summed E-state index contributed by atoms with van der Waals surface area (Å²) in [5.41, 5.74) is 4.30. The Morgan fingerprint density at radius 1 is 1.05 bits per heavy atom. The summed E-state index contributed by atoms with van der Waals surface area (Å²) in [6, 6.07) is 18.0. The van der Waals surface area contributed by atoms with Crippen molar-refractivity contribution in [2.75, 3.05) is 18.5 Å². The summed E-state index contributed by atoms with van der Waals surface area (Å²) in [6.07, 6.45) is 2.03. The first-order valence-electron chi connectivity index (χ1n) is 7.61. The van der Waals surface area contributed by atoms with Crippen molar-refractivity contribution in [3.8, 4) is 0 Å². The third kappa shape index (κ3) is 2.44. The van der Waals surface area contributed by atoms with E-state index in [-0.39, 0.29) is 11.9 Å². The second-order valence-corrected chi connectivity index (χ2v) is 5.31. The minimum absolute atomic E-state index is 0.0865. The quantitative estimate of drug-likeness (QED) is 0.943. The van der Waals surface area contributed by atoms with E-state index in [0.717, 1.165) is 22.4 Å². The molecule has 112 valence electrons. The lowest BCUT2D eigenvalue weighted by molar-refractivity contribution is -0.119. The highest BCUT2D eigenvalue weighted by Crippen LogP contribution is 2.34. The van der Waals surface area contributed by atoms with Gasteiger partial charge in [0.15, 0.2) is 0 Å². The van der Waals surface area contributed by atoms with E-state index in [1.54, 1.807) is 0 Å². The molecule has 3 rings (SSSR count). The number of para-hydroxylation sites is 1. The molecule has 1 aliphatic heterocycles. The van der Waals surface area contributed by atoms with E-state index in [2.05, 4.69) is 23.5 Å². The fourth-order valence-corrected chi connectivity index (χ4v) is 2.95. The summed E-state index contributed by atoms with van der Waals surface area (Å²) in [6.45, 7) is 2.67. The van der Waals surface area contributed by atoms with Crippen LogP contribution in [-0.4, -0.2) is 25.5 Å². The molecule has 3 nitrogen and oxygen atoms in total. The summed E-state index contributed by atoms with van der Waals surface area (Å²) < 4.78 is 0. The van der Waals surface area contributed by atoms with Crippen LogP contribution in [0, 0.1) is 0 Å². The Morgan fingerprint density at radius 3 is 2.41 bits per heavy atom. The molecule has 0 bridgehead atoms. The number of nitrogens with one attached hydrogen (secondary N) is 1. The molecule has 0 fully saturated rings. The van der Waals surface area contributed by atoms with Gasteiger partial charge in [-0.25, -0.2) is 0 Å². The highest BCUT2D eigenvalue weighted by atomic mass is 16.2. The molecule has 1 N–H and O–H groups in total. The van der Waals surface area contributed by atoms with E-state index in [1.807, 2.05) is 61.3 Å². The molecule has 3 heteroatoms. The summed E-state index contributed by atoms with van der Waals surface area (Å²) in [7, 11) is 1.82. The summed E-state index contributed by atoms with van der Waals surface area (Å²) >= 11 is 0. The largest absolute Gasteiger partial charge is 0.310 e. The zero-order valence-electron chi connectivity index (χ0n) is 12.9. The molecule has 2 aromatic rings. The number of hydrogen-bond acceptors (Lipinski definition) is 2. The lowest BCUT2D eigenvalue weighted by Gasteiger charge is -2.24. The Bertz CT molecular complexity index is 706. The molecule has 1 amide bonds. The summed E-state index contributed by atoms with van der Waals surface area (Å²) in [5.74, 6) is 0.0865. The van der Waals surface area contributed by atoms with Crippen molar-refractivity contribution in [3.05, 3.63) is 71.8 Å². The Labute approximate surface area is 131 Å². The molecule has 1 unspecified atom stereocenters. The van der Waals surface area contributed by atoms with Crippen molar-refractivity contribution < 1.29 is 4.79 Å². The van der Waals surface area contributed by atoms with E-state index in [4.69, 9.17) is 0 Å². The molecule has 0 saturated carbocycles. The smallest absolute Gasteiger partial charge is 0.248 e. The molecule has 1 aliphatic rings. The van der Waals surface area contributed by atoms with E-state index < -0.39 is 0 Å². The molecule has 0 aromatic heterocycles. The number of rotatable bonds is 3. The van der Waals surface area contributed by atoms with Crippen LogP contribution in [0.2, 0.25) is 0 Å². The van der Waals surface area contributed by atoms with E-state index >= 15 is 0 Å². The van der Waals surface area contributed by atoms with Crippen LogP contribution in [0.15, 0.2) is 60.7 Å². The van der Waals surface area contributed by atoms with Crippen molar-refractivity contribution in [2.24, 2.45) is 0 Å². The number of nitrogens with zero attached hydrogens (tertiary/aromatic N) is 1. The molecule has 1 heterocycles. The Balaban J connectivity index is 2.24. The average Bonchev–Trinajstić information content (AvgIpc) is 2.69. The van der Waals surface area contributed by atoms with Crippen LogP contribution >= 0.6 is 0 Å². The number of amides is 1. The van der Waals surface area contributed by atoms with Crippen LogP contribution in [-0.2, 0) is 4.79 Å². The second-order valence-electron chi connectivity index (χ2n) is 5.31. The van der Waals surface area contributed by atoms with Crippen molar-refractivity contribution >= 4 is 17.2 Å². The first-order chi connectivity index (χ1) is 10.8. The summed E-state index contributed by atoms with van der Waals surface area (Å²) in [4.78, 5) is 14.6. The molecular weight excluding hydrogens is 272 g/mol. The topological polar surface area (TPSA) is 32.3 Å². The fourth-order valence-electron chi connectivity index (χ4n) is 2.95. The predicted molar refractivity (Wildman–Crippen MR) is 90.8 cm³/mol. The first-order valence-corrected chi connectivity index (χ1v) is 7.61.